The number of carbonyl (C=O) groups excluding carboxylic acids is 1. The van der Waals surface area contributed by atoms with Crippen LogP contribution in [-0.4, -0.2) is 30.5 Å². The summed E-state index contributed by atoms with van der Waals surface area (Å²) in [6.07, 6.45) is 4.01. The van der Waals surface area contributed by atoms with Gasteiger partial charge in [-0.15, -0.1) is 0 Å². The summed E-state index contributed by atoms with van der Waals surface area (Å²) in [4.78, 5) is 11.4. The predicted molar refractivity (Wildman–Crippen MR) is 61.9 cm³/mol. The first-order chi connectivity index (χ1) is 7.44. The average molecular weight is 251 g/mol. The number of sulfone groups is 1. The SMILES string of the molecule is CC.CS(=O)(=O)C1(C(=O)NO)CCCCC1. The van der Waals surface area contributed by atoms with Crippen molar-refractivity contribution in [1.29, 1.82) is 0 Å². The van der Waals surface area contributed by atoms with Crippen LogP contribution in [0.3, 0.4) is 0 Å². The van der Waals surface area contributed by atoms with Gasteiger partial charge in [-0.3, -0.25) is 10.0 Å². The van der Waals surface area contributed by atoms with E-state index >= 15 is 0 Å². The van der Waals surface area contributed by atoms with Crippen LogP contribution in [0.4, 0.5) is 0 Å². The van der Waals surface area contributed by atoms with E-state index in [9.17, 15) is 13.2 Å². The molecular formula is C10H21NO4S. The van der Waals surface area contributed by atoms with Gasteiger partial charge in [0, 0.05) is 6.26 Å². The maximum Gasteiger partial charge on any atom is 0.264 e. The van der Waals surface area contributed by atoms with Gasteiger partial charge in [-0.05, 0) is 12.8 Å². The number of amides is 1. The highest BCUT2D eigenvalue weighted by atomic mass is 32.2. The zero-order valence-corrected chi connectivity index (χ0v) is 10.9. The van der Waals surface area contributed by atoms with Crippen molar-refractivity contribution in [1.82, 2.24) is 5.48 Å². The van der Waals surface area contributed by atoms with Crippen molar-refractivity contribution in [3.63, 3.8) is 0 Å². The molecule has 0 atom stereocenters. The summed E-state index contributed by atoms with van der Waals surface area (Å²) < 4.78 is 21.7. The number of hydrogen-bond donors (Lipinski definition) is 2. The molecule has 0 aromatic carbocycles. The molecule has 96 valence electrons. The maximum atomic E-state index is 11.5. The Morgan fingerprint density at radius 2 is 1.62 bits per heavy atom. The molecule has 0 radical (unpaired) electrons. The van der Waals surface area contributed by atoms with Gasteiger partial charge in [-0.1, -0.05) is 33.1 Å². The Bertz CT molecular complexity index is 318. The molecule has 2 N–H and O–H groups in total. The quantitative estimate of drug-likeness (QED) is 0.572. The molecule has 1 rings (SSSR count). The maximum absolute atomic E-state index is 11.5. The van der Waals surface area contributed by atoms with Crippen molar-refractivity contribution in [3.05, 3.63) is 0 Å². The number of nitrogens with one attached hydrogen (secondary N) is 1. The Labute approximate surface area is 97.1 Å². The van der Waals surface area contributed by atoms with Gasteiger partial charge in [0.15, 0.2) is 14.6 Å². The van der Waals surface area contributed by atoms with Crippen molar-refractivity contribution in [2.24, 2.45) is 0 Å². The molecule has 0 unspecified atom stereocenters. The van der Waals surface area contributed by atoms with Crippen LogP contribution < -0.4 is 5.48 Å². The highest BCUT2D eigenvalue weighted by Gasteiger charge is 2.48. The van der Waals surface area contributed by atoms with Crippen LogP contribution in [0.25, 0.3) is 0 Å². The number of hydrogen-bond acceptors (Lipinski definition) is 4. The molecule has 1 aliphatic rings. The first-order valence-electron chi connectivity index (χ1n) is 5.58. The van der Waals surface area contributed by atoms with Gasteiger partial charge in [0.2, 0.25) is 0 Å². The van der Waals surface area contributed by atoms with Gasteiger partial charge < -0.3 is 0 Å². The van der Waals surface area contributed by atoms with Crippen molar-refractivity contribution in [3.8, 4) is 0 Å². The largest absolute Gasteiger partial charge is 0.289 e. The van der Waals surface area contributed by atoms with E-state index in [1.807, 2.05) is 13.8 Å². The molecule has 1 fully saturated rings. The molecule has 1 saturated carbocycles. The van der Waals surface area contributed by atoms with Crippen molar-refractivity contribution >= 4 is 15.7 Å². The van der Waals surface area contributed by atoms with Crippen LogP contribution >= 0.6 is 0 Å². The van der Waals surface area contributed by atoms with Crippen LogP contribution in [0.15, 0.2) is 0 Å². The topological polar surface area (TPSA) is 83.5 Å². The van der Waals surface area contributed by atoms with Crippen LogP contribution in [0.2, 0.25) is 0 Å². The third-order valence-electron chi connectivity index (χ3n) is 2.89. The molecule has 0 aliphatic heterocycles. The second-order valence-corrected chi connectivity index (χ2v) is 6.09. The highest BCUT2D eigenvalue weighted by Crippen LogP contribution is 2.34. The van der Waals surface area contributed by atoms with Crippen molar-refractivity contribution < 1.29 is 18.4 Å². The molecule has 0 heterocycles. The molecular weight excluding hydrogens is 230 g/mol. The Hall–Kier alpha value is -0.620. The van der Waals surface area contributed by atoms with E-state index in [4.69, 9.17) is 5.21 Å². The fourth-order valence-electron chi connectivity index (χ4n) is 1.99. The summed E-state index contributed by atoms with van der Waals surface area (Å²) in [5.41, 5.74) is 1.46. The van der Waals surface area contributed by atoms with Crippen LogP contribution in [0.1, 0.15) is 46.0 Å². The first kappa shape index (κ1) is 15.4. The van der Waals surface area contributed by atoms with Gasteiger partial charge in [0.25, 0.3) is 5.91 Å². The normalized spacial score (nSPS) is 19.2. The molecule has 1 aliphatic carbocycles. The molecule has 5 nitrogen and oxygen atoms in total. The van der Waals surface area contributed by atoms with Crippen LogP contribution in [-0.2, 0) is 14.6 Å². The van der Waals surface area contributed by atoms with Crippen molar-refractivity contribution in [2.45, 2.75) is 50.7 Å². The lowest BCUT2D eigenvalue weighted by Gasteiger charge is -2.32. The van der Waals surface area contributed by atoms with Crippen molar-refractivity contribution in [2.75, 3.05) is 6.26 Å². The highest BCUT2D eigenvalue weighted by molar-refractivity contribution is 7.92. The minimum absolute atomic E-state index is 0.304. The molecule has 16 heavy (non-hydrogen) atoms. The van der Waals surface area contributed by atoms with Crippen LogP contribution in [0, 0.1) is 0 Å². The van der Waals surface area contributed by atoms with Gasteiger partial charge in [0.05, 0.1) is 0 Å². The van der Waals surface area contributed by atoms with E-state index in [2.05, 4.69) is 0 Å². The standard InChI is InChI=1S/C8H15NO4S.C2H6/c1-14(12,13)8(7(10)9-11)5-3-2-4-6-8;1-2/h11H,2-6H2,1H3,(H,9,10);1-2H3. The molecule has 0 aromatic rings. The van der Waals surface area contributed by atoms with Gasteiger partial charge in [-0.2, -0.15) is 0 Å². The lowest BCUT2D eigenvalue weighted by atomic mass is 9.88. The van der Waals surface area contributed by atoms with E-state index in [1.165, 1.54) is 5.48 Å². The summed E-state index contributed by atoms with van der Waals surface area (Å²) in [6, 6.07) is 0. The zero-order chi connectivity index (χ0) is 12.8. The molecule has 1 amide bonds. The summed E-state index contributed by atoms with van der Waals surface area (Å²) in [6.45, 7) is 4.00. The third kappa shape index (κ3) is 2.95. The summed E-state index contributed by atoms with van der Waals surface area (Å²) in [5.74, 6) is -0.792. The predicted octanol–water partition coefficient (Wildman–Crippen LogP) is 1.27. The number of rotatable bonds is 2. The summed E-state index contributed by atoms with van der Waals surface area (Å²) >= 11 is 0. The van der Waals surface area contributed by atoms with E-state index < -0.39 is 20.5 Å². The van der Waals surface area contributed by atoms with Gasteiger partial charge in [0.1, 0.15) is 0 Å². The number of hydroxylamine groups is 1. The van der Waals surface area contributed by atoms with Gasteiger partial charge >= 0.3 is 0 Å². The van der Waals surface area contributed by atoms with E-state index in [-0.39, 0.29) is 0 Å². The Morgan fingerprint density at radius 1 is 1.19 bits per heavy atom. The van der Waals surface area contributed by atoms with E-state index in [1.54, 1.807) is 0 Å². The monoisotopic (exact) mass is 251 g/mol. The molecule has 0 saturated heterocycles. The number of carbonyl (C=O) groups is 1. The second kappa shape index (κ2) is 6.20. The summed E-state index contributed by atoms with van der Waals surface area (Å²) in [7, 11) is -3.47. The third-order valence-corrected chi connectivity index (χ3v) is 4.90. The zero-order valence-electron chi connectivity index (χ0n) is 10.1. The summed E-state index contributed by atoms with van der Waals surface area (Å²) in [5, 5.41) is 8.55. The molecule has 0 spiro atoms. The first-order valence-corrected chi connectivity index (χ1v) is 7.47. The van der Waals surface area contributed by atoms with Crippen LogP contribution in [0.5, 0.6) is 0 Å². The average Bonchev–Trinajstić information content (AvgIpc) is 2.30. The molecule has 6 heteroatoms. The Morgan fingerprint density at radius 3 is 1.94 bits per heavy atom. The van der Waals surface area contributed by atoms with E-state index in [0.29, 0.717) is 25.7 Å². The smallest absolute Gasteiger partial charge is 0.264 e. The van der Waals surface area contributed by atoms with Gasteiger partial charge in [-0.25, -0.2) is 13.9 Å². The lowest BCUT2D eigenvalue weighted by molar-refractivity contribution is -0.132. The fourth-order valence-corrected chi connectivity index (χ4v) is 3.40. The minimum Gasteiger partial charge on any atom is -0.289 e. The Balaban J connectivity index is 0.00000106. The van der Waals surface area contributed by atoms with E-state index in [0.717, 1.165) is 12.7 Å². The minimum atomic E-state index is -3.47. The fraction of sp³-hybridized carbons (Fsp3) is 0.900. The molecule has 0 bridgehead atoms. The Kier molecular flexibility index (Phi) is 5.96. The second-order valence-electron chi connectivity index (χ2n) is 3.77. The lowest BCUT2D eigenvalue weighted by Crippen LogP contribution is -2.52. The molecule has 0 aromatic heterocycles.